The van der Waals surface area contributed by atoms with Crippen molar-refractivity contribution < 1.29 is 13.9 Å². The van der Waals surface area contributed by atoms with Gasteiger partial charge >= 0.3 is 6.09 Å². The first-order chi connectivity index (χ1) is 10.5. The molecular weight excluding hydrogens is 342 g/mol. The van der Waals surface area contributed by atoms with Gasteiger partial charge in [0.2, 0.25) is 0 Å². The van der Waals surface area contributed by atoms with Crippen molar-refractivity contribution in [1.29, 1.82) is 0 Å². The van der Waals surface area contributed by atoms with Crippen LogP contribution in [0.15, 0.2) is 12.1 Å². The van der Waals surface area contributed by atoms with Crippen LogP contribution in [0.2, 0.25) is 10.0 Å². The average Bonchev–Trinajstić information content (AvgIpc) is 2.40. The summed E-state index contributed by atoms with van der Waals surface area (Å²) in [6.45, 7) is 8.27. The Balaban J connectivity index is 2.52. The summed E-state index contributed by atoms with van der Waals surface area (Å²) in [4.78, 5) is 13.3. The summed E-state index contributed by atoms with van der Waals surface area (Å²) in [7, 11) is 1.66. The van der Waals surface area contributed by atoms with Gasteiger partial charge < -0.3 is 15.0 Å². The molecular formula is C16H23Cl2FN2O2. The van der Waals surface area contributed by atoms with E-state index in [1.165, 1.54) is 17.0 Å². The van der Waals surface area contributed by atoms with Gasteiger partial charge in [0.05, 0.1) is 5.02 Å². The fourth-order valence-corrected chi connectivity index (χ4v) is 2.41. The highest BCUT2D eigenvalue weighted by molar-refractivity contribution is 6.35. The molecule has 1 atom stereocenters. The molecule has 1 aromatic rings. The quantitative estimate of drug-likeness (QED) is 0.773. The third-order valence-electron chi connectivity index (χ3n) is 3.11. The molecule has 0 saturated heterocycles. The van der Waals surface area contributed by atoms with Crippen molar-refractivity contribution in [3.8, 4) is 0 Å². The first kappa shape index (κ1) is 20.0. The summed E-state index contributed by atoms with van der Waals surface area (Å²) in [5, 5.41) is 3.59. The molecule has 1 N–H and O–H groups in total. The number of carbonyl (C=O) groups is 1. The maximum atomic E-state index is 13.5. The molecule has 0 aromatic heterocycles. The van der Waals surface area contributed by atoms with Gasteiger partial charge in [-0.1, -0.05) is 23.2 Å². The predicted molar refractivity (Wildman–Crippen MR) is 91.7 cm³/mol. The standard InChI is InChI=1S/C16H23Cl2FN2O2/c1-10(11-8-14(19)13(18)9-12(11)17)20-6-7-21(5)15(22)23-16(2,3)4/h8-10,20H,6-7H2,1-5H3. The van der Waals surface area contributed by atoms with Crippen molar-refractivity contribution in [2.24, 2.45) is 0 Å². The Bertz CT molecular complexity index is 562. The van der Waals surface area contributed by atoms with E-state index in [9.17, 15) is 9.18 Å². The molecule has 130 valence electrons. The topological polar surface area (TPSA) is 41.6 Å². The zero-order valence-corrected chi connectivity index (χ0v) is 15.6. The SMILES string of the molecule is CC(NCCN(C)C(=O)OC(C)(C)C)c1cc(F)c(Cl)cc1Cl. The minimum absolute atomic E-state index is 0.00407. The number of nitrogens with zero attached hydrogens (tertiary/aromatic N) is 1. The van der Waals surface area contributed by atoms with Gasteiger partial charge in [0.1, 0.15) is 11.4 Å². The maximum absolute atomic E-state index is 13.5. The lowest BCUT2D eigenvalue weighted by Gasteiger charge is -2.25. The van der Waals surface area contributed by atoms with Gasteiger partial charge in [-0.2, -0.15) is 0 Å². The molecule has 1 aromatic carbocycles. The molecule has 0 aliphatic carbocycles. The first-order valence-corrected chi connectivity index (χ1v) is 8.09. The molecule has 0 aliphatic heterocycles. The fourth-order valence-electron chi connectivity index (χ4n) is 1.86. The number of benzene rings is 1. The highest BCUT2D eigenvalue weighted by atomic mass is 35.5. The molecule has 0 spiro atoms. The van der Waals surface area contributed by atoms with E-state index < -0.39 is 11.4 Å². The highest BCUT2D eigenvalue weighted by Gasteiger charge is 2.19. The summed E-state index contributed by atoms with van der Waals surface area (Å²) in [6.07, 6.45) is -0.387. The Labute approximate surface area is 146 Å². The van der Waals surface area contributed by atoms with E-state index >= 15 is 0 Å². The van der Waals surface area contributed by atoms with Crippen molar-refractivity contribution in [1.82, 2.24) is 10.2 Å². The maximum Gasteiger partial charge on any atom is 0.410 e. The molecule has 4 nitrogen and oxygen atoms in total. The Morgan fingerprint density at radius 2 is 1.96 bits per heavy atom. The third kappa shape index (κ3) is 6.53. The second-order valence-electron chi connectivity index (χ2n) is 6.37. The minimum atomic E-state index is -0.527. The van der Waals surface area contributed by atoms with Gasteiger partial charge in [-0.15, -0.1) is 0 Å². The molecule has 1 unspecified atom stereocenters. The van der Waals surface area contributed by atoms with Crippen LogP contribution in [0.1, 0.15) is 39.3 Å². The minimum Gasteiger partial charge on any atom is -0.444 e. The molecule has 0 radical (unpaired) electrons. The first-order valence-electron chi connectivity index (χ1n) is 7.33. The Morgan fingerprint density at radius 1 is 1.35 bits per heavy atom. The number of ether oxygens (including phenoxy) is 1. The molecule has 0 bridgehead atoms. The van der Waals surface area contributed by atoms with Gasteiger partial charge in [0, 0.05) is 31.2 Å². The Morgan fingerprint density at radius 3 is 2.52 bits per heavy atom. The number of halogens is 3. The van der Waals surface area contributed by atoms with Gasteiger partial charge in [-0.05, 0) is 45.4 Å². The van der Waals surface area contributed by atoms with E-state index in [0.29, 0.717) is 23.7 Å². The lowest BCUT2D eigenvalue weighted by atomic mass is 10.1. The van der Waals surface area contributed by atoms with E-state index in [1.54, 1.807) is 7.05 Å². The lowest BCUT2D eigenvalue weighted by Crippen LogP contribution is -2.38. The van der Waals surface area contributed by atoms with Crippen molar-refractivity contribution in [3.63, 3.8) is 0 Å². The Kier molecular flexibility index (Phi) is 7.11. The molecule has 23 heavy (non-hydrogen) atoms. The largest absolute Gasteiger partial charge is 0.444 e. The summed E-state index contributed by atoms with van der Waals surface area (Å²) in [5.74, 6) is -0.509. The summed E-state index contributed by atoms with van der Waals surface area (Å²) in [6, 6.07) is 2.53. The summed E-state index contributed by atoms with van der Waals surface area (Å²) >= 11 is 11.8. The summed E-state index contributed by atoms with van der Waals surface area (Å²) < 4.78 is 18.8. The molecule has 7 heteroatoms. The van der Waals surface area contributed by atoms with Crippen LogP contribution in [0.25, 0.3) is 0 Å². The van der Waals surface area contributed by atoms with Crippen LogP contribution < -0.4 is 5.32 Å². The van der Waals surface area contributed by atoms with Crippen LogP contribution in [-0.4, -0.2) is 36.7 Å². The van der Waals surface area contributed by atoms with Gasteiger partial charge in [-0.25, -0.2) is 9.18 Å². The third-order valence-corrected chi connectivity index (χ3v) is 3.73. The zero-order chi connectivity index (χ0) is 17.8. The van der Waals surface area contributed by atoms with Crippen molar-refractivity contribution in [2.45, 2.75) is 39.3 Å². The van der Waals surface area contributed by atoms with Crippen molar-refractivity contribution in [3.05, 3.63) is 33.6 Å². The van der Waals surface area contributed by atoms with Crippen molar-refractivity contribution >= 4 is 29.3 Å². The van der Waals surface area contributed by atoms with Crippen LogP contribution >= 0.6 is 23.2 Å². The number of rotatable bonds is 5. The number of nitrogens with one attached hydrogen (secondary N) is 1. The smallest absolute Gasteiger partial charge is 0.410 e. The van der Waals surface area contributed by atoms with Crippen LogP contribution in [0.4, 0.5) is 9.18 Å². The van der Waals surface area contributed by atoms with E-state index in [4.69, 9.17) is 27.9 Å². The number of carbonyl (C=O) groups excluding carboxylic acids is 1. The monoisotopic (exact) mass is 364 g/mol. The van der Waals surface area contributed by atoms with Gasteiger partial charge in [-0.3, -0.25) is 0 Å². The Hall–Kier alpha value is -1.04. The second kappa shape index (κ2) is 8.18. The fraction of sp³-hybridized carbons (Fsp3) is 0.562. The number of amides is 1. The molecule has 0 heterocycles. The highest BCUT2D eigenvalue weighted by Crippen LogP contribution is 2.28. The van der Waals surface area contributed by atoms with Crippen LogP contribution in [0.5, 0.6) is 0 Å². The number of likely N-dealkylation sites (N-methyl/N-ethyl adjacent to an activating group) is 1. The normalized spacial score (nSPS) is 12.9. The number of hydrogen-bond donors (Lipinski definition) is 1. The van der Waals surface area contributed by atoms with Crippen LogP contribution in [0.3, 0.4) is 0 Å². The molecule has 1 amide bonds. The molecule has 1 rings (SSSR count). The van der Waals surface area contributed by atoms with Gasteiger partial charge in [0.15, 0.2) is 0 Å². The number of hydrogen-bond acceptors (Lipinski definition) is 3. The van der Waals surface area contributed by atoms with Gasteiger partial charge in [0.25, 0.3) is 0 Å². The average molecular weight is 365 g/mol. The molecule has 0 saturated carbocycles. The van der Waals surface area contributed by atoms with E-state index in [1.807, 2.05) is 27.7 Å². The molecule has 0 aliphatic rings. The van der Waals surface area contributed by atoms with E-state index in [0.717, 1.165) is 0 Å². The van der Waals surface area contributed by atoms with E-state index in [2.05, 4.69) is 5.32 Å². The second-order valence-corrected chi connectivity index (χ2v) is 7.18. The summed E-state index contributed by atoms with van der Waals surface area (Å²) in [5.41, 5.74) is 0.0916. The van der Waals surface area contributed by atoms with Crippen molar-refractivity contribution in [2.75, 3.05) is 20.1 Å². The van der Waals surface area contributed by atoms with Crippen LogP contribution in [-0.2, 0) is 4.74 Å². The lowest BCUT2D eigenvalue weighted by molar-refractivity contribution is 0.0299. The zero-order valence-electron chi connectivity index (χ0n) is 14.0. The van der Waals surface area contributed by atoms with Crippen LogP contribution in [0, 0.1) is 5.82 Å². The predicted octanol–water partition coefficient (Wildman–Crippen LogP) is 4.65. The van der Waals surface area contributed by atoms with E-state index in [-0.39, 0.29) is 17.2 Å². The molecule has 0 fully saturated rings.